The molecule has 0 atom stereocenters. The van der Waals surface area contributed by atoms with Crippen molar-refractivity contribution in [3.05, 3.63) is 60.7 Å². The van der Waals surface area contributed by atoms with Gasteiger partial charge < -0.3 is 4.74 Å². The Morgan fingerprint density at radius 1 is 1.25 bits per heavy atom. The monoisotopic (exact) mass is 363 g/mol. The molecule has 9 heteroatoms. The van der Waals surface area contributed by atoms with Gasteiger partial charge in [0.25, 0.3) is 11.1 Å². The Labute approximate surface area is 144 Å². The number of aryl methyl sites for hydroxylation is 1. The minimum Gasteiger partial charge on any atom is -0.459 e. The molecule has 3 aromatic heterocycles. The summed E-state index contributed by atoms with van der Waals surface area (Å²) in [4.78, 5) is 38.9. The quantitative estimate of drug-likeness (QED) is 0.675. The van der Waals surface area contributed by atoms with Gasteiger partial charge in [-0.05, 0) is 11.4 Å². The van der Waals surface area contributed by atoms with Crippen molar-refractivity contribution in [2.45, 2.75) is 19.6 Å². The van der Waals surface area contributed by atoms with E-state index in [0.717, 1.165) is 27.4 Å². The number of carbonyl (C=O) groups excluding carboxylic acids is 1. The number of thiophene rings is 1. The first kappa shape index (κ1) is 16.3. The molecular weight excluding hydrogens is 350 g/mol. The standard InChI is InChI=1S/C15H13N3O4S2/c19-12-1-2-13(20)18(17-12)5-3-14(21)22-7-11-9-24-15(16-11)10-4-6-23-8-10/h1-2,4,6,8-9H,3,5,7H2,(H,17,19). The van der Waals surface area contributed by atoms with E-state index in [1.54, 1.807) is 11.3 Å². The summed E-state index contributed by atoms with van der Waals surface area (Å²) in [5.41, 5.74) is 0.962. The van der Waals surface area contributed by atoms with Crippen LogP contribution in [0.1, 0.15) is 12.1 Å². The number of ether oxygens (including phenoxy) is 1. The smallest absolute Gasteiger partial charge is 0.308 e. The van der Waals surface area contributed by atoms with Gasteiger partial charge in [0.1, 0.15) is 11.6 Å². The maximum absolute atomic E-state index is 11.8. The third-order valence-corrected chi connectivity index (χ3v) is 4.75. The minimum atomic E-state index is -0.461. The van der Waals surface area contributed by atoms with Gasteiger partial charge in [0.2, 0.25) is 0 Å². The molecule has 24 heavy (non-hydrogen) atoms. The summed E-state index contributed by atoms with van der Waals surface area (Å²) in [7, 11) is 0. The molecular formula is C15H13N3O4S2. The number of aromatic amines is 1. The predicted molar refractivity (Wildman–Crippen MR) is 91.2 cm³/mol. The zero-order chi connectivity index (χ0) is 16.9. The third-order valence-electron chi connectivity index (χ3n) is 3.13. The summed E-state index contributed by atoms with van der Waals surface area (Å²) in [6.07, 6.45) is -0.0125. The number of rotatable bonds is 6. The van der Waals surface area contributed by atoms with Crippen molar-refractivity contribution < 1.29 is 9.53 Å². The number of thiazole rings is 1. The summed E-state index contributed by atoms with van der Waals surface area (Å²) >= 11 is 3.09. The van der Waals surface area contributed by atoms with Crippen LogP contribution in [0.3, 0.4) is 0 Å². The molecule has 0 saturated carbocycles. The SMILES string of the molecule is O=C(CCn1[nH]c(=O)ccc1=O)OCc1csc(-c2ccsc2)n1. The number of esters is 1. The van der Waals surface area contributed by atoms with Crippen LogP contribution in [0, 0.1) is 0 Å². The molecule has 0 aromatic carbocycles. The van der Waals surface area contributed by atoms with Crippen LogP contribution in [0.5, 0.6) is 0 Å². The molecule has 0 amide bonds. The van der Waals surface area contributed by atoms with Crippen molar-refractivity contribution in [3.63, 3.8) is 0 Å². The van der Waals surface area contributed by atoms with E-state index in [1.807, 2.05) is 22.2 Å². The van der Waals surface area contributed by atoms with E-state index in [1.165, 1.54) is 11.3 Å². The van der Waals surface area contributed by atoms with Crippen molar-refractivity contribution in [1.82, 2.24) is 14.8 Å². The molecule has 0 aliphatic carbocycles. The van der Waals surface area contributed by atoms with E-state index in [-0.39, 0.29) is 25.1 Å². The molecule has 0 saturated heterocycles. The molecule has 0 bridgehead atoms. The van der Waals surface area contributed by atoms with Gasteiger partial charge in [-0.1, -0.05) is 0 Å². The third kappa shape index (κ3) is 4.06. The second kappa shape index (κ2) is 7.37. The molecule has 0 radical (unpaired) electrons. The minimum absolute atomic E-state index is 0.0125. The number of aromatic nitrogens is 3. The van der Waals surface area contributed by atoms with E-state index >= 15 is 0 Å². The lowest BCUT2D eigenvalue weighted by Crippen LogP contribution is -2.29. The molecule has 0 aliphatic rings. The van der Waals surface area contributed by atoms with E-state index < -0.39 is 11.5 Å². The molecule has 3 aromatic rings. The number of hydrogen-bond donors (Lipinski definition) is 1. The highest BCUT2D eigenvalue weighted by Gasteiger charge is 2.09. The number of nitrogens with one attached hydrogen (secondary N) is 1. The first-order valence-electron chi connectivity index (χ1n) is 7.04. The number of hydrogen-bond acceptors (Lipinski definition) is 7. The van der Waals surface area contributed by atoms with Crippen LogP contribution in [0.25, 0.3) is 10.6 Å². The summed E-state index contributed by atoms with van der Waals surface area (Å²) < 4.78 is 6.24. The Morgan fingerprint density at radius 3 is 2.92 bits per heavy atom. The Balaban J connectivity index is 1.52. The van der Waals surface area contributed by atoms with Gasteiger partial charge in [-0.25, -0.2) is 9.67 Å². The summed E-state index contributed by atoms with van der Waals surface area (Å²) in [6, 6.07) is 4.29. The fraction of sp³-hybridized carbons (Fsp3) is 0.200. The van der Waals surface area contributed by atoms with Crippen LogP contribution >= 0.6 is 22.7 Å². The fourth-order valence-corrected chi connectivity index (χ4v) is 3.47. The second-order valence-electron chi connectivity index (χ2n) is 4.87. The summed E-state index contributed by atoms with van der Waals surface area (Å²) in [5.74, 6) is -0.461. The largest absolute Gasteiger partial charge is 0.459 e. The van der Waals surface area contributed by atoms with Gasteiger partial charge in [-0.3, -0.25) is 19.5 Å². The average Bonchev–Trinajstić information content (AvgIpc) is 3.24. The molecule has 0 fully saturated rings. The molecule has 0 aliphatic heterocycles. The first-order valence-corrected chi connectivity index (χ1v) is 8.87. The van der Waals surface area contributed by atoms with Gasteiger partial charge in [0.05, 0.1) is 18.7 Å². The van der Waals surface area contributed by atoms with Crippen LogP contribution in [0.2, 0.25) is 0 Å². The van der Waals surface area contributed by atoms with E-state index in [0.29, 0.717) is 5.69 Å². The fourth-order valence-electron chi connectivity index (χ4n) is 1.95. The van der Waals surface area contributed by atoms with Crippen LogP contribution in [0.15, 0.2) is 43.9 Å². The van der Waals surface area contributed by atoms with Crippen LogP contribution < -0.4 is 11.1 Å². The summed E-state index contributed by atoms with van der Waals surface area (Å²) in [5, 5.41) is 9.07. The van der Waals surface area contributed by atoms with Crippen molar-refractivity contribution in [2.75, 3.05) is 0 Å². The number of H-pyrrole nitrogens is 1. The van der Waals surface area contributed by atoms with E-state index in [9.17, 15) is 14.4 Å². The lowest BCUT2D eigenvalue weighted by molar-refractivity contribution is -0.145. The van der Waals surface area contributed by atoms with Crippen LogP contribution in [0.4, 0.5) is 0 Å². The van der Waals surface area contributed by atoms with Crippen LogP contribution in [-0.2, 0) is 22.7 Å². The molecule has 0 spiro atoms. The number of nitrogens with zero attached hydrogens (tertiary/aromatic N) is 2. The molecule has 3 heterocycles. The van der Waals surface area contributed by atoms with E-state index in [4.69, 9.17) is 4.74 Å². The zero-order valence-electron chi connectivity index (χ0n) is 12.4. The predicted octanol–water partition coefficient (Wildman–Crippen LogP) is 1.86. The average molecular weight is 363 g/mol. The highest BCUT2D eigenvalue weighted by molar-refractivity contribution is 7.14. The lowest BCUT2D eigenvalue weighted by atomic mass is 10.3. The lowest BCUT2D eigenvalue weighted by Gasteiger charge is -2.05. The van der Waals surface area contributed by atoms with Gasteiger partial charge in [0.15, 0.2) is 0 Å². The molecule has 0 unspecified atom stereocenters. The van der Waals surface area contributed by atoms with Gasteiger partial charge in [0, 0.05) is 28.5 Å². The van der Waals surface area contributed by atoms with E-state index in [2.05, 4.69) is 10.1 Å². The molecule has 124 valence electrons. The Hall–Kier alpha value is -2.52. The molecule has 1 N–H and O–H groups in total. The second-order valence-corrected chi connectivity index (χ2v) is 6.50. The van der Waals surface area contributed by atoms with Gasteiger partial charge in [-0.15, -0.1) is 11.3 Å². The maximum Gasteiger partial charge on any atom is 0.308 e. The Bertz CT molecular complexity index is 940. The Morgan fingerprint density at radius 2 is 2.12 bits per heavy atom. The van der Waals surface area contributed by atoms with Gasteiger partial charge in [-0.2, -0.15) is 11.3 Å². The van der Waals surface area contributed by atoms with Gasteiger partial charge >= 0.3 is 5.97 Å². The molecule has 3 rings (SSSR count). The topological polar surface area (TPSA) is 94.1 Å². The molecule has 7 nitrogen and oxygen atoms in total. The normalized spacial score (nSPS) is 10.7. The maximum atomic E-state index is 11.8. The van der Waals surface area contributed by atoms with Crippen LogP contribution in [-0.4, -0.2) is 20.7 Å². The Kier molecular flexibility index (Phi) is 5.02. The van der Waals surface area contributed by atoms with Crippen molar-refractivity contribution in [3.8, 4) is 10.6 Å². The van der Waals surface area contributed by atoms with Crippen molar-refractivity contribution in [1.29, 1.82) is 0 Å². The highest BCUT2D eigenvalue weighted by Crippen LogP contribution is 2.25. The van der Waals surface area contributed by atoms with Crippen molar-refractivity contribution >= 4 is 28.6 Å². The number of carbonyl (C=O) groups is 1. The highest BCUT2D eigenvalue weighted by atomic mass is 32.1. The zero-order valence-corrected chi connectivity index (χ0v) is 14.1. The summed E-state index contributed by atoms with van der Waals surface area (Å²) in [6.45, 7) is 0.143. The first-order chi connectivity index (χ1) is 11.6. The van der Waals surface area contributed by atoms with Crippen molar-refractivity contribution in [2.24, 2.45) is 0 Å².